The van der Waals surface area contributed by atoms with Crippen LogP contribution in [-0.2, 0) is 0 Å². The minimum Gasteiger partial charge on any atom is -0.303 e. The molecule has 1 nitrogen and oxygen atoms in total. The van der Waals surface area contributed by atoms with E-state index in [-0.39, 0.29) is 6.04 Å². The molecule has 0 radical (unpaired) electrons. The Balaban J connectivity index is 2.25. The Bertz CT molecular complexity index is 538. The Morgan fingerprint density at radius 3 is 2.33 bits per heavy atom. The van der Waals surface area contributed by atoms with Gasteiger partial charge in [-0.15, -0.1) is 0 Å². The van der Waals surface area contributed by atoms with Crippen molar-refractivity contribution in [1.82, 2.24) is 5.32 Å². The summed E-state index contributed by atoms with van der Waals surface area (Å²) in [5, 5.41) is 3.80. The highest BCUT2D eigenvalue weighted by molar-refractivity contribution is 7.99. The quantitative estimate of drug-likeness (QED) is 0.787. The Labute approximate surface area is 133 Å². The number of nitrogens with one attached hydrogen (secondary N) is 1. The molecule has 0 aliphatic carbocycles. The van der Waals surface area contributed by atoms with Gasteiger partial charge in [-0.3, -0.25) is 0 Å². The second-order valence-corrected chi connectivity index (χ2v) is 6.75. The van der Waals surface area contributed by atoms with Crippen LogP contribution in [0.4, 0.5) is 0 Å². The van der Waals surface area contributed by atoms with E-state index in [2.05, 4.69) is 80.7 Å². The summed E-state index contributed by atoms with van der Waals surface area (Å²) in [6.07, 6.45) is 0. The van der Waals surface area contributed by atoms with Crippen molar-refractivity contribution in [3.8, 4) is 0 Å². The van der Waals surface area contributed by atoms with Gasteiger partial charge in [-0.25, -0.2) is 0 Å². The minimum atomic E-state index is 0.264. The highest BCUT2D eigenvalue weighted by Crippen LogP contribution is 2.25. The van der Waals surface area contributed by atoms with E-state index in [1.54, 1.807) is 0 Å². The first-order chi connectivity index (χ1) is 10.2. The fraction of sp³-hybridized carbons (Fsp3) is 0.368. The van der Waals surface area contributed by atoms with Crippen molar-refractivity contribution in [2.24, 2.45) is 0 Å². The summed E-state index contributed by atoms with van der Waals surface area (Å²) in [6.45, 7) is 6.68. The summed E-state index contributed by atoms with van der Waals surface area (Å²) in [5.74, 6) is 2.32. The molecule has 0 aromatic heterocycles. The van der Waals surface area contributed by atoms with Crippen molar-refractivity contribution in [2.45, 2.75) is 32.9 Å². The van der Waals surface area contributed by atoms with Gasteiger partial charge in [-0.2, -0.15) is 11.8 Å². The van der Waals surface area contributed by atoms with Crippen LogP contribution in [0.15, 0.2) is 54.6 Å². The third-order valence-corrected chi connectivity index (χ3v) is 4.80. The van der Waals surface area contributed by atoms with Gasteiger partial charge in [0.15, 0.2) is 0 Å². The van der Waals surface area contributed by atoms with Crippen molar-refractivity contribution < 1.29 is 0 Å². The molecule has 1 N–H and O–H groups in total. The molecular formula is C19H25NS. The van der Waals surface area contributed by atoms with Crippen molar-refractivity contribution in [3.63, 3.8) is 0 Å². The maximum Gasteiger partial charge on any atom is 0.0581 e. The van der Waals surface area contributed by atoms with Crippen LogP contribution in [0.2, 0.25) is 0 Å². The van der Waals surface area contributed by atoms with E-state index in [1.165, 1.54) is 22.4 Å². The van der Waals surface area contributed by atoms with E-state index in [9.17, 15) is 0 Å². The maximum atomic E-state index is 3.80. The third kappa shape index (κ3) is 4.62. The third-order valence-electron chi connectivity index (χ3n) is 3.66. The molecule has 2 heteroatoms. The second kappa shape index (κ2) is 8.26. The van der Waals surface area contributed by atoms with Gasteiger partial charge in [-0.05, 0) is 36.3 Å². The van der Waals surface area contributed by atoms with E-state index in [0.29, 0.717) is 6.04 Å². The van der Waals surface area contributed by atoms with E-state index in [1.807, 2.05) is 11.8 Å². The summed E-state index contributed by atoms with van der Waals surface area (Å²) in [5.41, 5.74) is 4.05. The number of aryl methyl sites for hydroxylation is 1. The molecule has 0 heterocycles. The maximum absolute atomic E-state index is 3.80. The van der Waals surface area contributed by atoms with Crippen LogP contribution in [0.1, 0.15) is 36.6 Å². The molecule has 112 valence electrons. The van der Waals surface area contributed by atoms with Gasteiger partial charge < -0.3 is 5.32 Å². The first-order valence-electron chi connectivity index (χ1n) is 7.66. The van der Waals surface area contributed by atoms with Crippen LogP contribution in [0.25, 0.3) is 0 Å². The molecule has 0 bridgehead atoms. The van der Waals surface area contributed by atoms with E-state index in [4.69, 9.17) is 0 Å². The minimum absolute atomic E-state index is 0.264. The lowest BCUT2D eigenvalue weighted by Crippen LogP contribution is -2.33. The first kappa shape index (κ1) is 16.1. The van der Waals surface area contributed by atoms with Crippen LogP contribution in [-0.4, -0.2) is 17.5 Å². The number of hydrogen-bond donors (Lipinski definition) is 1. The fourth-order valence-electron chi connectivity index (χ4n) is 2.55. The predicted octanol–water partition coefficient (Wildman–Crippen LogP) is 4.82. The molecule has 0 amide bonds. The number of hydrogen-bond acceptors (Lipinski definition) is 2. The van der Waals surface area contributed by atoms with Gasteiger partial charge in [0.25, 0.3) is 0 Å². The van der Waals surface area contributed by atoms with Crippen LogP contribution in [0, 0.1) is 6.92 Å². The molecule has 0 saturated heterocycles. The Morgan fingerprint density at radius 1 is 1.00 bits per heavy atom. The molecule has 2 rings (SSSR count). The van der Waals surface area contributed by atoms with E-state index >= 15 is 0 Å². The fourth-order valence-corrected chi connectivity index (χ4v) is 3.23. The summed E-state index contributed by atoms with van der Waals surface area (Å²) in [7, 11) is 0. The van der Waals surface area contributed by atoms with Crippen LogP contribution >= 0.6 is 11.8 Å². The molecule has 0 aliphatic heterocycles. The topological polar surface area (TPSA) is 12.0 Å². The standard InChI is InChI=1S/C19H25NS/c1-4-21-14-16(3)20-19(17-11-6-5-7-12-17)18-13-9-8-10-15(18)2/h5-13,16,19-20H,4,14H2,1-3H3. The second-order valence-electron chi connectivity index (χ2n) is 5.43. The Morgan fingerprint density at radius 2 is 1.67 bits per heavy atom. The summed E-state index contributed by atoms with van der Waals surface area (Å²) in [6, 6.07) is 20.2. The molecule has 21 heavy (non-hydrogen) atoms. The number of rotatable bonds is 7. The summed E-state index contributed by atoms with van der Waals surface area (Å²) in [4.78, 5) is 0. The van der Waals surface area contributed by atoms with Gasteiger partial charge in [0.2, 0.25) is 0 Å². The normalized spacial score (nSPS) is 13.9. The van der Waals surface area contributed by atoms with Crippen LogP contribution in [0.5, 0.6) is 0 Å². The van der Waals surface area contributed by atoms with Crippen molar-refractivity contribution in [2.75, 3.05) is 11.5 Å². The smallest absolute Gasteiger partial charge is 0.0581 e. The molecule has 2 aromatic rings. The van der Waals surface area contributed by atoms with Crippen LogP contribution in [0.3, 0.4) is 0 Å². The highest BCUT2D eigenvalue weighted by Gasteiger charge is 2.17. The average molecular weight is 299 g/mol. The molecule has 0 spiro atoms. The van der Waals surface area contributed by atoms with Gasteiger partial charge >= 0.3 is 0 Å². The molecule has 0 saturated carbocycles. The van der Waals surface area contributed by atoms with Crippen LogP contribution < -0.4 is 5.32 Å². The largest absolute Gasteiger partial charge is 0.303 e. The molecule has 2 atom stereocenters. The number of benzene rings is 2. The SMILES string of the molecule is CCSCC(C)NC(c1ccccc1)c1ccccc1C. The predicted molar refractivity (Wildman–Crippen MR) is 95.1 cm³/mol. The lowest BCUT2D eigenvalue weighted by molar-refractivity contribution is 0.532. The zero-order valence-electron chi connectivity index (χ0n) is 13.2. The zero-order valence-corrected chi connectivity index (χ0v) is 14.0. The van der Waals surface area contributed by atoms with Crippen molar-refractivity contribution in [1.29, 1.82) is 0 Å². The first-order valence-corrected chi connectivity index (χ1v) is 8.82. The molecule has 0 aliphatic rings. The van der Waals surface area contributed by atoms with Gasteiger partial charge in [-0.1, -0.05) is 61.5 Å². The molecule has 2 unspecified atom stereocenters. The molecular weight excluding hydrogens is 274 g/mol. The summed E-state index contributed by atoms with van der Waals surface area (Å²) >= 11 is 1.99. The van der Waals surface area contributed by atoms with E-state index in [0.717, 1.165) is 5.75 Å². The van der Waals surface area contributed by atoms with E-state index < -0.39 is 0 Å². The highest BCUT2D eigenvalue weighted by atomic mass is 32.2. The zero-order chi connectivity index (χ0) is 15.1. The Kier molecular flexibility index (Phi) is 6.34. The average Bonchev–Trinajstić information content (AvgIpc) is 2.52. The van der Waals surface area contributed by atoms with Gasteiger partial charge in [0.05, 0.1) is 6.04 Å². The lowest BCUT2D eigenvalue weighted by atomic mass is 9.94. The van der Waals surface area contributed by atoms with Crippen molar-refractivity contribution in [3.05, 3.63) is 71.3 Å². The summed E-state index contributed by atoms with van der Waals surface area (Å²) < 4.78 is 0. The molecule has 2 aromatic carbocycles. The monoisotopic (exact) mass is 299 g/mol. The lowest BCUT2D eigenvalue weighted by Gasteiger charge is -2.25. The Hall–Kier alpha value is -1.25. The van der Waals surface area contributed by atoms with Gasteiger partial charge in [0, 0.05) is 11.8 Å². The molecule has 0 fully saturated rings. The van der Waals surface area contributed by atoms with Gasteiger partial charge in [0.1, 0.15) is 0 Å². The van der Waals surface area contributed by atoms with Crippen molar-refractivity contribution >= 4 is 11.8 Å². The number of thioether (sulfide) groups is 1.